The number of halogens is 1. The third-order valence-corrected chi connectivity index (χ3v) is 4.13. The van der Waals surface area contributed by atoms with Crippen molar-refractivity contribution in [2.75, 3.05) is 7.11 Å². The number of hydrogen-bond donors (Lipinski definition) is 2. The lowest BCUT2D eigenvalue weighted by Crippen LogP contribution is -2.17. The molecule has 3 aromatic rings. The van der Waals surface area contributed by atoms with E-state index in [0.717, 1.165) is 0 Å². The number of methoxy groups -OCH3 is 1. The summed E-state index contributed by atoms with van der Waals surface area (Å²) < 4.78 is 16.1. The maximum Gasteiger partial charge on any atom is 0.371 e. The third kappa shape index (κ3) is 5.39. The van der Waals surface area contributed by atoms with Gasteiger partial charge in [0.2, 0.25) is 5.76 Å². The molecule has 0 aliphatic carbocycles. The van der Waals surface area contributed by atoms with Gasteiger partial charge >= 0.3 is 5.97 Å². The minimum absolute atomic E-state index is 0.0345. The standard InChI is InChI=1S/C21H17ClN2O6/c1-28-19-9-13(11-23-24-20(25)14-3-2-4-15(22)10-14)5-7-17(19)29-12-16-6-8-18(30-16)21(26)27/h2-11H,12H2,1H3,(H,24,25)(H,26,27). The molecule has 2 N–H and O–H groups in total. The number of carboxylic acid groups (broad SMARTS) is 1. The highest BCUT2D eigenvalue weighted by atomic mass is 35.5. The highest BCUT2D eigenvalue weighted by molar-refractivity contribution is 6.30. The van der Waals surface area contributed by atoms with Gasteiger partial charge in [-0.2, -0.15) is 5.10 Å². The van der Waals surface area contributed by atoms with Crippen LogP contribution in [0, 0.1) is 0 Å². The van der Waals surface area contributed by atoms with Crippen LogP contribution in [0.3, 0.4) is 0 Å². The smallest absolute Gasteiger partial charge is 0.371 e. The zero-order valence-electron chi connectivity index (χ0n) is 15.8. The second-order valence-electron chi connectivity index (χ2n) is 5.98. The molecule has 0 spiro atoms. The molecular formula is C21H17ClN2O6. The van der Waals surface area contributed by atoms with Crippen LogP contribution in [-0.2, 0) is 6.61 Å². The molecule has 30 heavy (non-hydrogen) atoms. The molecule has 154 valence electrons. The van der Waals surface area contributed by atoms with Crippen LogP contribution in [0.4, 0.5) is 0 Å². The highest BCUT2D eigenvalue weighted by Gasteiger charge is 2.11. The third-order valence-electron chi connectivity index (χ3n) is 3.90. The zero-order chi connectivity index (χ0) is 21.5. The van der Waals surface area contributed by atoms with E-state index in [1.807, 2.05) is 0 Å². The van der Waals surface area contributed by atoms with Gasteiger partial charge in [0.25, 0.3) is 5.91 Å². The second kappa shape index (κ2) is 9.62. The monoisotopic (exact) mass is 428 g/mol. The van der Waals surface area contributed by atoms with Crippen LogP contribution in [0.25, 0.3) is 0 Å². The van der Waals surface area contributed by atoms with Gasteiger partial charge in [-0.15, -0.1) is 0 Å². The van der Waals surface area contributed by atoms with Crippen LogP contribution in [0.2, 0.25) is 5.02 Å². The molecule has 8 nitrogen and oxygen atoms in total. The van der Waals surface area contributed by atoms with Gasteiger partial charge in [-0.25, -0.2) is 10.2 Å². The lowest BCUT2D eigenvalue weighted by atomic mass is 10.2. The van der Waals surface area contributed by atoms with E-state index in [2.05, 4.69) is 10.5 Å². The lowest BCUT2D eigenvalue weighted by Gasteiger charge is -2.10. The molecular weight excluding hydrogens is 412 g/mol. The Morgan fingerprint density at radius 1 is 1.17 bits per heavy atom. The predicted molar refractivity (Wildman–Crippen MR) is 110 cm³/mol. The van der Waals surface area contributed by atoms with Gasteiger partial charge in [0, 0.05) is 10.6 Å². The van der Waals surface area contributed by atoms with E-state index in [0.29, 0.717) is 33.4 Å². The Bertz CT molecular complexity index is 1090. The molecule has 2 aromatic carbocycles. The summed E-state index contributed by atoms with van der Waals surface area (Å²) in [5, 5.41) is 13.3. The van der Waals surface area contributed by atoms with Gasteiger partial charge in [-0.1, -0.05) is 17.7 Å². The molecule has 0 radical (unpaired) electrons. The summed E-state index contributed by atoms with van der Waals surface area (Å²) in [6.07, 6.45) is 1.46. The Morgan fingerprint density at radius 2 is 2.00 bits per heavy atom. The van der Waals surface area contributed by atoms with E-state index in [9.17, 15) is 9.59 Å². The first kappa shape index (κ1) is 20.9. The van der Waals surface area contributed by atoms with Crippen molar-refractivity contribution in [3.05, 3.63) is 82.3 Å². The van der Waals surface area contributed by atoms with Crippen molar-refractivity contribution < 1.29 is 28.6 Å². The van der Waals surface area contributed by atoms with Crippen molar-refractivity contribution in [3.63, 3.8) is 0 Å². The fourth-order valence-electron chi connectivity index (χ4n) is 2.46. The van der Waals surface area contributed by atoms with Crippen LogP contribution in [0.1, 0.15) is 32.2 Å². The van der Waals surface area contributed by atoms with E-state index in [4.69, 9.17) is 30.6 Å². The molecule has 0 fully saturated rings. The topological polar surface area (TPSA) is 110 Å². The van der Waals surface area contributed by atoms with Gasteiger partial charge in [-0.3, -0.25) is 4.79 Å². The molecule has 0 atom stereocenters. The number of carbonyl (C=O) groups is 2. The minimum atomic E-state index is -1.15. The number of carbonyl (C=O) groups excluding carboxylic acids is 1. The van der Waals surface area contributed by atoms with Crippen molar-refractivity contribution in [1.82, 2.24) is 5.43 Å². The Hall–Kier alpha value is -3.78. The summed E-state index contributed by atoms with van der Waals surface area (Å²) in [7, 11) is 1.49. The summed E-state index contributed by atoms with van der Waals surface area (Å²) in [5.74, 6) is -0.462. The Labute approximate surface area is 176 Å². The first-order valence-electron chi connectivity index (χ1n) is 8.68. The molecule has 0 saturated heterocycles. The summed E-state index contributed by atoms with van der Waals surface area (Å²) in [6, 6.07) is 14.5. The number of rotatable bonds is 8. The number of amides is 1. The molecule has 0 saturated carbocycles. The molecule has 1 aromatic heterocycles. The summed E-state index contributed by atoms with van der Waals surface area (Å²) in [5.41, 5.74) is 3.48. The number of carboxylic acids is 1. The first-order valence-corrected chi connectivity index (χ1v) is 9.06. The SMILES string of the molecule is COc1cc(C=NNC(=O)c2cccc(Cl)c2)ccc1OCc1ccc(C(=O)O)o1. The molecule has 0 aliphatic rings. The zero-order valence-corrected chi connectivity index (χ0v) is 16.6. The van der Waals surface area contributed by atoms with Crippen molar-refractivity contribution in [1.29, 1.82) is 0 Å². The molecule has 0 aliphatic heterocycles. The van der Waals surface area contributed by atoms with Crippen LogP contribution >= 0.6 is 11.6 Å². The number of hydrogen-bond acceptors (Lipinski definition) is 6. The normalized spacial score (nSPS) is 10.7. The van der Waals surface area contributed by atoms with Gasteiger partial charge < -0.3 is 19.0 Å². The average Bonchev–Trinajstić information content (AvgIpc) is 3.22. The molecule has 0 unspecified atom stereocenters. The van der Waals surface area contributed by atoms with E-state index >= 15 is 0 Å². The predicted octanol–water partition coefficient (Wildman–Crippen LogP) is 3.98. The number of furan rings is 1. The first-order chi connectivity index (χ1) is 14.5. The summed E-state index contributed by atoms with van der Waals surface area (Å²) in [4.78, 5) is 22.9. The summed E-state index contributed by atoms with van der Waals surface area (Å²) in [6.45, 7) is 0.0345. The lowest BCUT2D eigenvalue weighted by molar-refractivity contribution is 0.0657. The number of ether oxygens (including phenoxy) is 2. The number of aromatic carboxylic acids is 1. The second-order valence-corrected chi connectivity index (χ2v) is 6.42. The molecule has 3 rings (SSSR count). The fourth-order valence-corrected chi connectivity index (χ4v) is 2.65. The van der Waals surface area contributed by atoms with Crippen molar-refractivity contribution in [2.45, 2.75) is 6.61 Å². The van der Waals surface area contributed by atoms with Crippen LogP contribution in [0.5, 0.6) is 11.5 Å². The van der Waals surface area contributed by atoms with E-state index in [-0.39, 0.29) is 18.3 Å². The van der Waals surface area contributed by atoms with Gasteiger partial charge in [-0.05, 0) is 54.1 Å². The van der Waals surface area contributed by atoms with E-state index in [1.165, 1.54) is 25.5 Å². The van der Waals surface area contributed by atoms with Crippen LogP contribution in [0.15, 0.2) is 64.1 Å². The maximum absolute atomic E-state index is 12.1. The minimum Gasteiger partial charge on any atom is -0.493 e. The summed E-state index contributed by atoms with van der Waals surface area (Å²) >= 11 is 5.87. The number of benzene rings is 2. The quantitative estimate of drug-likeness (QED) is 0.414. The maximum atomic E-state index is 12.1. The highest BCUT2D eigenvalue weighted by Crippen LogP contribution is 2.28. The van der Waals surface area contributed by atoms with Crippen molar-refractivity contribution in [2.24, 2.45) is 5.10 Å². The van der Waals surface area contributed by atoms with Gasteiger partial charge in [0.05, 0.1) is 13.3 Å². The Kier molecular flexibility index (Phi) is 6.71. The van der Waals surface area contributed by atoms with Crippen molar-refractivity contribution >= 4 is 29.7 Å². The molecule has 0 bridgehead atoms. The molecule has 1 heterocycles. The van der Waals surface area contributed by atoms with Gasteiger partial charge in [0.1, 0.15) is 12.4 Å². The Morgan fingerprint density at radius 3 is 2.70 bits per heavy atom. The Balaban J connectivity index is 1.62. The van der Waals surface area contributed by atoms with Gasteiger partial charge in [0.15, 0.2) is 11.5 Å². The molecule has 9 heteroatoms. The molecule has 1 amide bonds. The average molecular weight is 429 g/mol. The number of hydrazone groups is 1. The van der Waals surface area contributed by atoms with E-state index in [1.54, 1.807) is 42.5 Å². The number of nitrogens with zero attached hydrogens (tertiary/aromatic N) is 1. The fraction of sp³-hybridized carbons (Fsp3) is 0.0952. The largest absolute Gasteiger partial charge is 0.493 e. The van der Waals surface area contributed by atoms with E-state index < -0.39 is 5.97 Å². The van der Waals surface area contributed by atoms with Crippen molar-refractivity contribution in [3.8, 4) is 11.5 Å². The number of nitrogens with one attached hydrogen (secondary N) is 1. The van der Waals surface area contributed by atoms with Crippen LogP contribution < -0.4 is 14.9 Å². The van der Waals surface area contributed by atoms with Crippen LogP contribution in [-0.4, -0.2) is 30.3 Å².